The predicted molar refractivity (Wildman–Crippen MR) is 113 cm³/mol. The summed E-state index contributed by atoms with van der Waals surface area (Å²) >= 11 is 0. The molecule has 2 aliphatic heterocycles. The van der Waals surface area contributed by atoms with Crippen molar-refractivity contribution in [3.8, 4) is 0 Å². The molecular formula is C21H27F6N3O7. The molecule has 1 amide bonds. The Balaban J connectivity index is 0.000000404. The van der Waals surface area contributed by atoms with Crippen molar-refractivity contribution in [3.05, 3.63) is 30.1 Å². The van der Waals surface area contributed by atoms with Crippen molar-refractivity contribution >= 4 is 17.8 Å². The number of nitrogens with zero attached hydrogens (tertiary/aromatic N) is 2. The number of halogens is 6. The number of carbonyl (C=O) groups is 3. The number of carbonyl (C=O) groups excluding carboxylic acids is 1. The fourth-order valence-corrected chi connectivity index (χ4v) is 3.49. The summed E-state index contributed by atoms with van der Waals surface area (Å²) in [5, 5.41) is 17.1. The maximum atomic E-state index is 12.1. The number of hydrogen-bond donors (Lipinski definition) is 3. The zero-order chi connectivity index (χ0) is 28.2. The normalized spacial score (nSPS) is 21.4. The number of amides is 1. The van der Waals surface area contributed by atoms with Gasteiger partial charge in [0.15, 0.2) is 0 Å². The topological polar surface area (TPSA) is 138 Å². The van der Waals surface area contributed by atoms with Gasteiger partial charge in [-0.1, -0.05) is 6.07 Å². The van der Waals surface area contributed by atoms with E-state index in [0.717, 1.165) is 38.0 Å². The molecule has 0 bridgehead atoms. The van der Waals surface area contributed by atoms with Gasteiger partial charge in [0.1, 0.15) is 6.10 Å². The molecule has 1 aromatic rings. The van der Waals surface area contributed by atoms with Crippen molar-refractivity contribution in [2.75, 3.05) is 26.8 Å². The van der Waals surface area contributed by atoms with Crippen molar-refractivity contribution in [3.63, 3.8) is 0 Å². The zero-order valence-corrected chi connectivity index (χ0v) is 19.6. The maximum Gasteiger partial charge on any atom is 0.490 e. The average molecular weight is 547 g/mol. The number of aromatic nitrogens is 1. The number of rotatable bonds is 6. The quantitative estimate of drug-likeness (QED) is 0.362. The number of pyridine rings is 1. The van der Waals surface area contributed by atoms with E-state index in [9.17, 15) is 31.1 Å². The van der Waals surface area contributed by atoms with Crippen molar-refractivity contribution in [2.45, 2.75) is 56.4 Å². The fraction of sp³-hybridized carbons (Fsp3) is 0.619. The van der Waals surface area contributed by atoms with Crippen LogP contribution in [-0.4, -0.2) is 95.4 Å². The van der Waals surface area contributed by atoms with Crippen LogP contribution >= 0.6 is 0 Å². The van der Waals surface area contributed by atoms with E-state index >= 15 is 0 Å². The highest BCUT2D eigenvalue weighted by Gasteiger charge is 2.42. The van der Waals surface area contributed by atoms with Crippen LogP contribution in [0.3, 0.4) is 0 Å². The van der Waals surface area contributed by atoms with Crippen LogP contribution in [0.1, 0.15) is 25.0 Å². The van der Waals surface area contributed by atoms with E-state index in [1.165, 1.54) is 0 Å². The van der Waals surface area contributed by atoms with Crippen molar-refractivity contribution in [1.82, 2.24) is 15.2 Å². The van der Waals surface area contributed by atoms with Crippen LogP contribution in [-0.2, 0) is 30.4 Å². The molecule has 3 heterocycles. The van der Waals surface area contributed by atoms with Gasteiger partial charge in [-0.3, -0.25) is 14.7 Å². The highest BCUT2D eigenvalue weighted by atomic mass is 19.4. The van der Waals surface area contributed by atoms with Crippen LogP contribution in [0.25, 0.3) is 0 Å². The first kappa shape index (κ1) is 32.0. The minimum absolute atomic E-state index is 0.0105. The number of aliphatic carboxylic acids is 2. The number of carboxylic acids is 2. The molecule has 0 saturated carbocycles. The Morgan fingerprint density at radius 3 is 2.16 bits per heavy atom. The molecule has 0 unspecified atom stereocenters. The average Bonchev–Trinajstić information content (AvgIpc) is 3.21. The Hall–Kier alpha value is -2.98. The summed E-state index contributed by atoms with van der Waals surface area (Å²) in [6, 6.07) is 6.42. The third-order valence-electron chi connectivity index (χ3n) is 5.14. The number of alkyl halides is 6. The molecule has 2 fully saturated rings. The number of ether oxygens (including phenoxy) is 2. The molecule has 210 valence electrons. The summed E-state index contributed by atoms with van der Waals surface area (Å²) in [5.41, 5.74) is 1.09. The van der Waals surface area contributed by atoms with Gasteiger partial charge in [0.05, 0.1) is 18.4 Å². The first-order valence-corrected chi connectivity index (χ1v) is 10.8. The lowest BCUT2D eigenvalue weighted by Crippen LogP contribution is -2.48. The van der Waals surface area contributed by atoms with Gasteiger partial charge in [0.2, 0.25) is 5.91 Å². The van der Waals surface area contributed by atoms with E-state index in [2.05, 4.69) is 21.3 Å². The molecule has 10 nitrogen and oxygen atoms in total. The minimum Gasteiger partial charge on any atom is -0.475 e. The lowest BCUT2D eigenvalue weighted by molar-refractivity contribution is -0.193. The van der Waals surface area contributed by atoms with E-state index in [1.54, 1.807) is 7.11 Å². The standard InChI is InChI=1S/C17H25N3O3.2C2HF3O2/c1-22-11-9-19-17(21)16-6-5-14-15(23-16)7-10-20(14)12-13-4-2-3-8-18-13;2*3-2(4,5)1(6)7/h2-4,8,14-16H,5-7,9-12H2,1H3,(H,19,21);2*(H,6,7)/t14-,15-,16+;;/m1../s1. The molecule has 2 aliphatic rings. The second-order valence-electron chi connectivity index (χ2n) is 7.78. The Bertz CT molecular complexity index is 846. The third-order valence-corrected chi connectivity index (χ3v) is 5.14. The number of methoxy groups -OCH3 is 1. The van der Waals surface area contributed by atoms with E-state index < -0.39 is 24.3 Å². The Morgan fingerprint density at radius 2 is 1.68 bits per heavy atom. The van der Waals surface area contributed by atoms with E-state index in [4.69, 9.17) is 29.3 Å². The van der Waals surface area contributed by atoms with Crippen molar-refractivity contribution in [2.24, 2.45) is 0 Å². The molecule has 3 N–H and O–H groups in total. The predicted octanol–water partition coefficient (Wildman–Crippen LogP) is 2.23. The smallest absolute Gasteiger partial charge is 0.475 e. The molecule has 0 spiro atoms. The van der Waals surface area contributed by atoms with Gasteiger partial charge in [-0.2, -0.15) is 26.3 Å². The lowest BCUT2D eigenvalue weighted by Gasteiger charge is -2.35. The largest absolute Gasteiger partial charge is 0.490 e. The molecule has 37 heavy (non-hydrogen) atoms. The Kier molecular flexibility index (Phi) is 12.7. The molecule has 2 saturated heterocycles. The highest BCUT2D eigenvalue weighted by Crippen LogP contribution is 2.32. The van der Waals surface area contributed by atoms with Crippen LogP contribution in [0.4, 0.5) is 26.3 Å². The SMILES string of the molecule is COCCNC(=O)[C@@H]1CC[C@@H]2[C@@H](CCN2Cc2ccccn2)O1.O=C(O)C(F)(F)F.O=C(O)C(F)(F)F. The highest BCUT2D eigenvalue weighted by molar-refractivity contribution is 5.80. The Labute approximate surface area is 207 Å². The summed E-state index contributed by atoms with van der Waals surface area (Å²) in [6.07, 6.45) is -5.73. The van der Waals surface area contributed by atoms with Crippen molar-refractivity contribution < 1.29 is 60.4 Å². The van der Waals surface area contributed by atoms with Gasteiger partial charge in [-0.05, 0) is 31.4 Å². The molecule has 0 aliphatic carbocycles. The second kappa shape index (κ2) is 14.7. The second-order valence-corrected chi connectivity index (χ2v) is 7.78. The van der Waals surface area contributed by atoms with Gasteiger partial charge in [-0.25, -0.2) is 9.59 Å². The number of nitrogens with one attached hydrogen (secondary N) is 1. The molecule has 3 atom stereocenters. The van der Waals surface area contributed by atoms with E-state index in [1.807, 2.05) is 18.3 Å². The summed E-state index contributed by atoms with van der Waals surface area (Å²) in [7, 11) is 1.63. The van der Waals surface area contributed by atoms with Crippen LogP contribution < -0.4 is 5.32 Å². The van der Waals surface area contributed by atoms with Crippen LogP contribution in [0, 0.1) is 0 Å². The third kappa shape index (κ3) is 11.7. The summed E-state index contributed by atoms with van der Waals surface area (Å²) < 4.78 is 74.5. The maximum absolute atomic E-state index is 12.1. The summed E-state index contributed by atoms with van der Waals surface area (Å²) in [5.74, 6) is -5.52. The van der Waals surface area contributed by atoms with Gasteiger partial charge < -0.3 is 25.0 Å². The van der Waals surface area contributed by atoms with Gasteiger partial charge >= 0.3 is 24.3 Å². The number of likely N-dealkylation sites (tertiary alicyclic amines) is 1. The zero-order valence-electron chi connectivity index (χ0n) is 19.6. The first-order chi connectivity index (χ1) is 17.2. The first-order valence-electron chi connectivity index (χ1n) is 10.8. The summed E-state index contributed by atoms with van der Waals surface area (Å²) in [6.45, 7) is 2.93. The Morgan fingerprint density at radius 1 is 1.08 bits per heavy atom. The molecule has 0 aromatic carbocycles. The minimum atomic E-state index is -5.08. The lowest BCUT2D eigenvalue weighted by atomic mass is 9.98. The van der Waals surface area contributed by atoms with E-state index in [0.29, 0.717) is 19.2 Å². The number of fused-ring (bicyclic) bond motifs is 1. The monoisotopic (exact) mass is 547 g/mol. The summed E-state index contributed by atoms with van der Waals surface area (Å²) in [4.78, 5) is 36.8. The molecule has 16 heteroatoms. The van der Waals surface area contributed by atoms with Crippen molar-refractivity contribution in [1.29, 1.82) is 0 Å². The van der Waals surface area contributed by atoms with Gasteiger partial charge in [0, 0.05) is 39.0 Å². The number of carboxylic acid groups (broad SMARTS) is 2. The van der Waals surface area contributed by atoms with Gasteiger partial charge in [-0.15, -0.1) is 0 Å². The van der Waals surface area contributed by atoms with E-state index in [-0.39, 0.29) is 18.1 Å². The molecule has 1 aromatic heterocycles. The number of hydrogen-bond acceptors (Lipinski definition) is 7. The fourth-order valence-electron chi connectivity index (χ4n) is 3.49. The molecular weight excluding hydrogens is 520 g/mol. The molecule has 0 radical (unpaired) electrons. The van der Waals surface area contributed by atoms with Crippen LogP contribution in [0.2, 0.25) is 0 Å². The van der Waals surface area contributed by atoms with Crippen LogP contribution in [0.15, 0.2) is 24.4 Å². The van der Waals surface area contributed by atoms with Crippen LogP contribution in [0.5, 0.6) is 0 Å². The molecule has 3 rings (SSSR count). The van der Waals surface area contributed by atoms with Gasteiger partial charge in [0.25, 0.3) is 0 Å².